The van der Waals surface area contributed by atoms with E-state index >= 15 is 0 Å². The average Bonchev–Trinajstić information content (AvgIpc) is 2.42. The lowest BCUT2D eigenvalue weighted by molar-refractivity contribution is 0.0851. The lowest BCUT2D eigenvalue weighted by Gasteiger charge is -2.16. The Balaban J connectivity index is 2.45. The maximum absolute atomic E-state index is 6.01. The molecule has 19 heavy (non-hydrogen) atoms. The molecule has 0 radical (unpaired) electrons. The van der Waals surface area contributed by atoms with E-state index in [9.17, 15) is 0 Å². The van der Waals surface area contributed by atoms with Crippen LogP contribution in [0.1, 0.15) is 24.4 Å². The highest BCUT2D eigenvalue weighted by atomic mass is 79.9. The molecule has 0 N–H and O–H groups in total. The Morgan fingerprint density at radius 1 is 1.16 bits per heavy atom. The first-order chi connectivity index (χ1) is 9.13. The summed E-state index contributed by atoms with van der Waals surface area (Å²) >= 11 is 15.3. The largest absolute Gasteiger partial charge is 0.366 e. The third kappa shape index (κ3) is 3.45. The van der Waals surface area contributed by atoms with Gasteiger partial charge >= 0.3 is 0 Å². The van der Waals surface area contributed by atoms with Crippen LogP contribution in [0, 0.1) is 0 Å². The highest BCUT2D eigenvalue weighted by Crippen LogP contribution is 2.31. The first kappa shape index (κ1) is 14.7. The van der Waals surface area contributed by atoms with Crippen LogP contribution in [-0.2, 0) is 4.74 Å². The van der Waals surface area contributed by atoms with Gasteiger partial charge in [-0.15, -0.1) is 0 Å². The van der Waals surface area contributed by atoms with Crippen molar-refractivity contribution < 1.29 is 4.74 Å². The third-order valence-electron chi connectivity index (χ3n) is 2.46. The number of ether oxygens (including phenoxy) is 1. The molecule has 0 bridgehead atoms. The molecule has 0 fully saturated rings. The molecular weight excluding hydrogens is 351 g/mol. The van der Waals surface area contributed by atoms with Crippen LogP contribution in [0.4, 0.5) is 0 Å². The average molecular weight is 362 g/mol. The van der Waals surface area contributed by atoms with Crippen molar-refractivity contribution in [2.75, 3.05) is 6.61 Å². The van der Waals surface area contributed by atoms with Crippen LogP contribution in [0.15, 0.2) is 34.8 Å². The van der Waals surface area contributed by atoms with Gasteiger partial charge in [0.1, 0.15) is 16.4 Å². The third-order valence-corrected chi connectivity index (χ3v) is 4.21. The van der Waals surface area contributed by atoms with Gasteiger partial charge in [-0.3, -0.25) is 0 Å². The maximum Gasteiger partial charge on any atom is 0.165 e. The molecule has 100 valence electrons. The van der Waals surface area contributed by atoms with Crippen LogP contribution in [0.5, 0.6) is 0 Å². The molecule has 1 heterocycles. The Morgan fingerprint density at radius 2 is 1.74 bits per heavy atom. The number of rotatable bonds is 4. The van der Waals surface area contributed by atoms with E-state index in [-0.39, 0.29) is 16.4 Å². The molecule has 1 atom stereocenters. The van der Waals surface area contributed by atoms with E-state index in [0.29, 0.717) is 16.9 Å². The molecule has 0 saturated carbocycles. The first-order valence-electron chi connectivity index (χ1n) is 5.68. The topological polar surface area (TPSA) is 35.0 Å². The summed E-state index contributed by atoms with van der Waals surface area (Å²) in [6.45, 7) is 2.45. The van der Waals surface area contributed by atoms with Gasteiger partial charge in [0, 0.05) is 6.61 Å². The molecule has 0 spiro atoms. The summed E-state index contributed by atoms with van der Waals surface area (Å²) in [7, 11) is 0. The second-order valence-electron chi connectivity index (χ2n) is 3.72. The normalized spacial score (nSPS) is 12.4. The highest BCUT2D eigenvalue weighted by molar-refractivity contribution is 9.10. The van der Waals surface area contributed by atoms with Gasteiger partial charge in [0.15, 0.2) is 5.82 Å². The lowest BCUT2D eigenvalue weighted by Crippen LogP contribution is -2.11. The Bertz CT molecular complexity index is 543. The standard InChI is InChI=1S/C13H11BrCl2N2O/c1-2-19-10(8-6-4-3-5-7-8)13-17-11(15)9(14)12(16)18-13/h3-7,10H,2H2,1H3. The van der Waals surface area contributed by atoms with E-state index in [2.05, 4.69) is 25.9 Å². The molecule has 0 aliphatic carbocycles. The molecule has 3 nitrogen and oxygen atoms in total. The van der Waals surface area contributed by atoms with Crippen molar-refractivity contribution in [1.82, 2.24) is 9.97 Å². The van der Waals surface area contributed by atoms with Gasteiger partial charge in [-0.25, -0.2) is 9.97 Å². The molecular formula is C13H11BrCl2N2O. The molecule has 0 amide bonds. The molecule has 1 unspecified atom stereocenters. The van der Waals surface area contributed by atoms with Crippen molar-refractivity contribution in [1.29, 1.82) is 0 Å². The Kier molecular flexibility index (Phi) is 5.16. The van der Waals surface area contributed by atoms with Gasteiger partial charge in [-0.1, -0.05) is 53.5 Å². The smallest absolute Gasteiger partial charge is 0.165 e. The monoisotopic (exact) mass is 360 g/mol. The quantitative estimate of drug-likeness (QED) is 0.742. The fraction of sp³-hybridized carbons (Fsp3) is 0.231. The molecule has 2 aromatic rings. The summed E-state index contributed by atoms with van der Waals surface area (Å²) in [4.78, 5) is 8.45. The van der Waals surface area contributed by atoms with Crippen molar-refractivity contribution in [2.45, 2.75) is 13.0 Å². The summed E-state index contributed by atoms with van der Waals surface area (Å²) in [6.07, 6.45) is -0.380. The van der Waals surface area contributed by atoms with Crippen molar-refractivity contribution in [2.24, 2.45) is 0 Å². The van der Waals surface area contributed by atoms with E-state index in [1.807, 2.05) is 37.3 Å². The van der Waals surface area contributed by atoms with Crippen LogP contribution in [0.2, 0.25) is 10.3 Å². The minimum absolute atomic E-state index is 0.274. The second-order valence-corrected chi connectivity index (χ2v) is 5.23. The summed E-state index contributed by atoms with van der Waals surface area (Å²) < 4.78 is 6.20. The highest BCUT2D eigenvalue weighted by Gasteiger charge is 2.20. The second kappa shape index (κ2) is 6.66. The van der Waals surface area contributed by atoms with Crippen LogP contribution in [0.25, 0.3) is 0 Å². The zero-order valence-electron chi connectivity index (χ0n) is 10.1. The fourth-order valence-corrected chi connectivity index (χ4v) is 2.22. The molecule has 0 aliphatic rings. The van der Waals surface area contributed by atoms with Gasteiger partial charge in [0.25, 0.3) is 0 Å². The van der Waals surface area contributed by atoms with Crippen LogP contribution < -0.4 is 0 Å². The van der Waals surface area contributed by atoms with Crippen molar-refractivity contribution in [3.63, 3.8) is 0 Å². The van der Waals surface area contributed by atoms with E-state index in [1.165, 1.54) is 0 Å². The predicted molar refractivity (Wildman–Crippen MR) is 79.7 cm³/mol. The zero-order valence-corrected chi connectivity index (χ0v) is 13.2. The Hall–Kier alpha value is -0.680. The lowest BCUT2D eigenvalue weighted by atomic mass is 10.1. The first-order valence-corrected chi connectivity index (χ1v) is 7.23. The molecule has 2 rings (SSSR count). The summed E-state index contributed by atoms with van der Waals surface area (Å²) in [6, 6.07) is 9.71. The summed E-state index contributed by atoms with van der Waals surface area (Å²) in [5, 5.41) is 0.547. The number of halogens is 3. The Morgan fingerprint density at radius 3 is 2.26 bits per heavy atom. The molecule has 0 aliphatic heterocycles. The Labute approximate surface area is 130 Å². The summed E-state index contributed by atoms with van der Waals surface area (Å²) in [5.41, 5.74) is 0.957. The number of benzene rings is 1. The number of hydrogen-bond acceptors (Lipinski definition) is 3. The van der Waals surface area contributed by atoms with E-state index in [0.717, 1.165) is 5.56 Å². The fourth-order valence-electron chi connectivity index (χ4n) is 1.64. The van der Waals surface area contributed by atoms with E-state index < -0.39 is 0 Å². The predicted octanol–water partition coefficient (Wildman–Crippen LogP) is 4.67. The van der Waals surface area contributed by atoms with Gasteiger partial charge in [0.05, 0.1) is 4.47 Å². The van der Waals surface area contributed by atoms with E-state index in [1.54, 1.807) is 0 Å². The zero-order chi connectivity index (χ0) is 13.8. The number of aromatic nitrogens is 2. The van der Waals surface area contributed by atoms with Gasteiger partial charge in [0.2, 0.25) is 0 Å². The minimum Gasteiger partial charge on any atom is -0.366 e. The SMILES string of the molecule is CCOC(c1ccccc1)c1nc(Cl)c(Br)c(Cl)n1. The van der Waals surface area contributed by atoms with Crippen molar-refractivity contribution >= 4 is 39.1 Å². The molecule has 0 saturated heterocycles. The minimum atomic E-state index is -0.380. The summed E-state index contributed by atoms with van der Waals surface area (Å²) in [5.74, 6) is 0.450. The number of nitrogens with zero attached hydrogens (tertiary/aromatic N) is 2. The van der Waals surface area contributed by atoms with E-state index in [4.69, 9.17) is 27.9 Å². The molecule has 1 aromatic heterocycles. The molecule has 6 heteroatoms. The van der Waals surface area contributed by atoms with Gasteiger partial charge in [-0.2, -0.15) is 0 Å². The van der Waals surface area contributed by atoms with Crippen LogP contribution >= 0.6 is 39.1 Å². The number of hydrogen-bond donors (Lipinski definition) is 0. The molecule has 1 aromatic carbocycles. The van der Waals surface area contributed by atoms with Crippen LogP contribution in [-0.4, -0.2) is 16.6 Å². The van der Waals surface area contributed by atoms with Crippen LogP contribution in [0.3, 0.4) is 0 Å². The van der Waals surface area contributed by atoms with Gasteiger partial charge in [-0.05, 0) is 28.4 Å². The van der Waals surface area contributed by atoms with Gasteiger partial charge < -0.3 is 4.74 Å². The van der Waals surface area contributed by atoms with Crippen molar-refractivity contribution in [3.05, 3.63) is 56.5 Å². The van der Waals surface area contributed by atoms with Crippen molar-refractivity contribution in [3.8, 4) is 0 Å². The maximum atomic E-state index is 6.01.